The van der Waals surface area contributed by atoms with Crippen molar-refractivity contribution in [3.63, 3.8) is 0 Å². The largest absolute Gasteiger partial charge is 0.481 e. The van der Waals surface area contributed by atoms with E-state index in [1.807, 2.05) is 48.5 Å². The molecule has 2 unspecified atom stereocenters. The molecule has 4 nitrogen and oxygen atoms in total. The van der Waals surface area contributed by atoms with Crippen molar-refractivity contribution in [2.45, 2.75) is 43.9 Å². The van der Waals surface area contributed by atoms with E-state index >= 15 is 0 Å². The third-order valence-electron chi connectivity index (χ3n) is 9.11. The third kappa shape index (κ3) is 3.73. The predicted molar refractivity (Wildman–Crippen MR) is 153 cm³/mol. The Hall–Kier alpha value is -4.18. The summed E-state index contributed by atoms with van der Waals surface area (Å²) in [5, 5.41) is 20.3. The molecule has 0 aliphatic heterocycles. The summed E-state index contributed by atoms with van der Waals surface area (Å²) in [5.41, 5.74) is 7.80. The van der Waals surface area contributed by atoms with Crippen molar-refractivity contribution < 1.29 is 19.8 Å². The van der Waals surface area contributed by atoms with Crippen molar-refractivity contribution in [1.29, 1.82) is 0 Å². The molecule has 2 aliphatic carbocycles. The smallest absolute Gasteiger partial charge is 0.306 e. The molecular formula is C35H32O4. The number of rotatable bonds is 8. The summed E-state index contributed by atoms with van der Waals surface area (Å²) in [6, 6.07) is 33.4. The number of hydrogen-bond donors (Lipinski definition) is 2. The summed E-state index contributed by atoms with van der Waals surface area (Å²) in [4.78, 5) is 24.7. The van der Waals surface area contributed by atoms with Crippen LogP contribution in [-0.4, -0.2) is 22.2 Å². The van der Waals surface area contributed by atoms with Gasteiger partial charge < -0.3 is 10.2 Å². The van der Waals surface area contributed by atoms with E-state index in [0.29, 0.717) is 19.3 Å². The first-order valence-corrected chi connectivity index (χ1v) is 13.6. The minimum atomic E-state index is -0.823. The monoisotopic (exact) mass is 516 g/mol. The third-order valence-corrected chi connectivity index (χ3v) is 9.11. The van der Waals surface area contributed by atoms with E-state index in [9.17, 15) is 19.8 Å². The van der Waals surface area contributed by atoms with Gasteiger partial charge in [0.05, 0.1) is 11.8 Å². The molecule has 4 heteroatoms. The van der Waals surface area contributed by atoms with Gasteiger partial charge >= 0.3 is 11.9 Å². The van der Waals surface area contributed by atoms with Gasteiger partial charge in [0.25, 0.3) is 0 Å². The van der Waals surface area contributed by atoms with E-state index in [1.54, 1.807) is 13.8 Å². The van der Waals surface area contributed by atoms with Gasteiger partial charge in [0, 0.05) is 10.8 Å². The zero-order chi connectivity index (χ0) is 27.4. The van der Waals surface area contributed by atoms with Crippen LogP contribution >= 0.6 is 0 Å². The van der Waals surface area contributed by atoms with Crippen LogP contribution in [0.5, 0.6) is 0 Å². The Kier molecular flexibility index (Phi) is 5.95. The van der Waals surface area contributed by atoms with E-state index in [4.69, 9.17) is 0 Å². The van der Waals surface area contributed by atoms with E-state index in [0.717, 1.165) is 44.5 Å². The number of carbonyl (C=O) groups is 2. The van der Waals surface area contributed by atoms with Crippen LogP contribution in [0, 0.1) is 11.8 Å². The van der Waals surface area contributed by atoms with Crippen molar-refractivity contribution in [3.05, 3.63) is 119 Å². The number of carboxylic acid groups (broad SMARTS) is 2. The zero-order valence-corrected chi connectivity index (χ0v) is 22.2. The number of aliphatic carboxylic acids is 2. The van der Waals surface area contributed by atoms with Crippen molar-refractivity contribution >= 4 is 11.9 Å². The minimum Gasteiger partial charge on any atom is -0.481 e. The highest BCUT2D eigenvalue weighted by molar-refractivity contribution is 5.85. The van der Waals surface area contributed by atoms with Crippen molar-refractivity contribution in [1.82, 2.24) is 0 Å². The van der Waals surface area contributed by atoms with Crippen LogP contribution in [0.3, 0.4) is 0 Å². The Morgan fingerprint density at radius 1 is 0.538 bits per heavy atom. The summed E-state index contributed by atoms with van der Waals surface area (Å²) in [6.45, 7) is 3.58. The predicted octanol–water partition coefficient (Wildman–Crippen LogP) is 7.53. The van der Waals surface area contributed by atoms with Gasteiger partial charge in [0.15, 0.2) is 0 Å². The first-order chi connectivity index (χ1) is 18.8. The lowest BCUT2D eigenvalue weighted by Gasteiger charge is -2.44. The molecule has 196 valence electrons. The lowest BCUT2D eigenvalue weighted by atomic mass is 9.58. The Morgan fingerprint density at radius 2 is 0.795 bits per heavy atom. The normalized spacial score (nSPS) is 16.9. The fourth-order valence-corrected chi connectivity index (χ4v) is 7.53. The van der Waals surface area contributed by atoms with Crippen LogP contribution in [0.2, 0.25) is 0 Å². The van der Waals surface area contributed by atoms with Crippen LogP contribution in [-0.2, 0) is 20.4 Å². The molecule has 0 fully saturated rings. The Bertz CT molecular complexity index is 1390. The van der Waals surface area contributed by atoms with Crippen LogP contribution in [0.25, 0.3) is 22.3 Å². The number of benzene rings is 4. The summed E-state index contributed by atoms with van der Waals surface area (Å²) >= 11 is 0. The molecule has 6 rings (SSSR count). The second-order valence-corrected chi connectivity index (χ2v) is 11.4. The quantitative estimate of drug-likeness (QED) is 0.254. The van der Waals surface area contributed by atoms with Crippen LogP contribution in [0.4, 0.5) is 0 Å². The van der Waals surface area contributed by atoms with E-state index in [-0.39, 0.29) is 0 Å². The molecule has 0 aromatic heterocycles. The van der Waals surface area contributed by atoms with Crippen molar-refractivity contribution in [2.75, 3.05) is 0 Å². The second kappa shape index (κ2) is 9.23. The molecule has 2 atom stereocenters. The fourth-order valence-electron chi connectivity index (χ4n) is 7.53. The second-order valence-electron chi connectivity index (χ2n) is 11.4. The van der Waals surface area contributed by atoms with E-state index < -0.39 is 34.6 Å². The minimum absolute atomic E-state index is 0.421. The maximum absolute atomic E-state index is 12.4. The summed E-state index contributed by atoms with van der Waals surface area (Å²) in [7, 11) is 0. The highest BCUT2D eigenvalue weighted by atomic mass is 16.4. The zero-order valence-electron chi connectivity index (χ0n) is 22.2. The van der Waals surface area contributed by atoms with Gasteiger partial charge in [-0.15, -0.1) is 0 Å². The number of hydrogen-bond acceptors (Lipinski definition) is 2. The molecule has 4 aromatic carbocycles. The Balaban J connectivity index is 1.67. The molecule has 2 aliphatic rings. The summed E-state index contributed by atoms with van der Waals surface area (Å²) in [5.74, 6) is -2.83. The lowest BCUT2D eigenvalue weighted by molar-refractivity contribution is -0.142. The Morgan fingerprint density at radius 3 is 1.05 bits per heavy atom. The van der Waals surface area contributed by atoms with Gasteiger partial charge in [-0.1, -0.05) is 111 Å². The number of fused-ring (bicyclic) bond motifs is 6. The van der Waals surface area contributed by atoms with Gasteiger partial charge in [-0.25, -0.2) is 0 Å². The van der Waals surface area contributed by atoms with Crippen molar-refractivity contribution in [2.24, 2.45) is 11.8 Å². The summed E-state index contributed by atoms with van der Waals surface area (Å²) < 4.78 is 0. The number of carboxylic acids is 2. The lowest BCUT2D eigenvalue weighted by Crippen LogP contribution is -2.41. The van der Waals surface area contributed by atoms with Crippen LogP contribution < -0.4 is 0 Å². The van der Waals surface area contributed by atoms with E-state index in [1.165, 1.54) is 0 Å². The maximum atomic E-state index is 12.4. The molecule has 0 spiro atoms. The first kappa shape index (κ1) is 25.1. The molecule has 0 amide bonds. The molecule has 0 heterocycles. The summed E-state index contributed by atoms with van der Waals surface area (Å²) in [6.07, 6.45) is 1.42. The molecule has 0 radical (unpaired) electrons. The molecule has 0 bridgehead atoms. The molecule has 39 heavy (non-hydrogen) atoms. The van der Waals surface area contributed by atoms with Crippen molar-refractivity contribution in [3.8, 4) is 22.3 Å². The Labute approximate surface area is 229 Å². The van der Waals surface area contributed by atoms with Gasteiger partial charge in [0.1, 0.15) is 0 Å². The molecule has 0 saturated carbocycles. The van der Waals surface area contributed by atoms with Gasteiger partial charge in [-0.2, -0.15) is 0 Å². The highest BCUT2D eigenvalue weighted by Gasteiger charge is 2.54. The fraction of sp³-hybridized carbons (Fsp3) is 0.257. The SMILES string of the molecule is CC(CC1(CC2(CC(C)C(=O)O)c3ccccc3-c3ccccc32)c2ccccc2-c2ccccc21)C(=O)O. The molecular weight excluding hydrogens is 484 g/mol. The molecule has 4 aromatic rings. The highest BCUT2D eigenvalue weighted by Crippen LogP contribution is 2.62. The standard InChI is InChI=1S/C35H32O4/c1-22(32(36)37)19-34(28-15-7-3-11-24(28)25-12-4-8-16-29(25)34)21-35(20-23(2)33(38)39)30-17-9-5-13-26(30)27-14-6-10-18-31(27)35/h3-18,22-23H,19-21H2,1-2H3,(H,36,37)(H,38,39). The van der Waals surface area contributed by atoms with Crippen LogP contribution in [0.1, 0.15) is 55.4 Å². The van der Waals surface area contributed by atoms with Gasteiger partial charge in [-0.05, 0) is 63.8 Å². The average molecular weight is 517 g/mol. The average Bonchev–Trinajstić information content (AvgIpc) is 3.37. The van der Waals surface area contributed by atoms with E-state index in [2.05, 4.69) is 48.5 Å². The first-order valence-electron chi connectivity index (χ1n) is 13.6. The molecule has 2 N–H and O–H groups in total. The molecule has 0 saturated heterocycles. The topological polar surface area (TPSA) is 74.6 Å². The van der Waals surface area contributed by atoms with Gasteiger partial charge in [-0.3, -0.25) is 9.59 Å². The van der Waals surface area contributed by atoms with Crippen LogP contribution in [0.15, 0.2) is 97.1 Å². The van der Waals surface area contributed by atoms with Gasteiger partial charge in [0.2, 0.25) is 0 Å². The maximum Gasteiger partial charge on any atom is 0.306 e.